The van der Waals surface area contributed by atoms with E-state index >= 15 is 0 Å². The molecule has 0 aliphatic heterocycles. The van der Waals surface area contributed by atoms with Gasteiger partial charge < -0.3 is 5.32 Å². The number of amides is 1. The number of alkyl halides is 5. The summed E-state index contributed by atoms with van der Waals surface area (Å²) in [6, 6.07) is 2.88. The minimum Gasteiger partial charge on any atom is -0.321 e. The van der Waals surface area contributed by atoms with E-state index in [4.69, 9.17) is 0 Å². The first kappa shape index (κ1) is 19.2. The number of carbonyl (C=O) groups is 1. The molecular formula is C17H17F5N4O. The van der Waals surface area contributed by atoms with Crippen LogP contribution in [0.25, 0.3) is 0 Å². The zero-order valence-corrected chi connectivity index (χ0v) is 14.1. The molecule has 0 aromatic carbocycles. The molecule has 2 heterocycles. The number of hydrogen-bond donors (Lipinski definition) is 1. The molecule has 1 aliphatic rings. The van der Waals surface area contributed by atoms with Gasteiger partial charge in [0.15, 0.2) is 0 Å². The summed E-state index contributed by atoms with van der Waals surface area (Å²) in [4.78, 5) is 16.3. The zero-order valence-electron chi connectivity index (χ0n) is 14.1. The fraction of sp³-hybridized carbons (Fsp3) is 0.471. The molecule has 1 saturated carbocycles. The summed E-state index contributed by atoms with van der Waals surface area (Å²) in [5.41, 5.74) is -1.50. The van der Waals surface area contributed by atoms with Gasteiger partial charge in [-0.15, -0.1) is 0 Å². The molecule has 1 amide bonds. The van der Waals surface area contributed by atoms with Crippen LogP contribution in [0.3, 0.4) is 0 Å². The molecule has 27 heavy (non-hydrogen) atoms. The highest BCUT2D eigenvalue weighted by Crippen LogP contribution is 2.38. The van der Waals surface area contributed by atoms with Gasteiger partial charge in [-0.05, 0) is 30.9 Å². The quantitative estimate of drug-likeness (QED) is 0.791. The number of nitrogens with one attached hydrogen (secondary N) is 1. The predicted octanol–water partition coefficient (Wildman–Crippen LogP) is 4.37. The molecular weight excluding hydrogens is 371 g/mol. The Morgan fingerprint density at radius 3 is 2.44 bits per heavy atom. The molecule has 1 aliphatic carbocycles. The summed E-state index contributed by atoms with van der Waals surface area (Å²) in [5, 5.41) is 6.10. The van der Waals surface area contributed by atoms with Gasteiger partial charge in [-0.2, -0.15) is 18.3 Å². The Kier molecular flexibility index (Phi) is 5.16. The van der Waals surface area contributed by atoms with Gasteiger partial charge in [-0.1, -0.05) is 0 Å². The largest absolute Gasteiger partial charge is 0.420 e. The van der Waals surface area contributed by atoms with Crippen LogP contribution in [0.15, 0.2) is 30.7 Å². The average Bonchev–Trinajstić information content (AvgIpc) is 3.02. The van der Waals surface area contributed by atoms with Crippen LogP contribution in [-0.4, -0.2) is 26.6 Å². The van der Waals surface area contributed by atoms with Crippen molar-refractivity contribution < 1.29 is 26.7 Å². The number of rotatable bonds is 4. The van der Waals surface area contributed by atoms with Crippen molar-refractivity contribution in [3.05, 3.63) is 42.0 Å². The molecule has 1 N–H and O–H groups in total. The maximum Gasteiger partial charge on any atom is 0.420 e. The van der Waals surface area contributed by atoms with Gasteiger partial charge in [0.2, 0.25) is 5.92 Å². The Labute approximate surface area is 151 Å². The fourth-order valence-corrected chi connectivity index (χ4v) is 3.12. The van der Waals surface area contributed by atoms with Crippen molar-refractivity contribution in [2.75, 3.05) is 5.32 Å². The van der Waals surface area contributed by atoms with E-state index in [9.17, 15) is 26.7 Å². The highest BCUT2D eigenvalue weighted by Gasteiger charge is 2.40. The number of carbonyl (C=O) groups excluding carboxylic acids is 1. The van der Waals surface area contributed by atoms with Crippen molar-refractivity contribution in [3.8, 4) is 0 Å². The Bertz CT molecular complexity index is 793. The number of anilines is 1. The standard InChI is InChI=1S/C17H17F5N4O/c18-16(19)5-1-11(2-6-16)10-26-14(13(9-24-26)17(20,21)22)15(27)25-12-3-7-23-8-4-12/h3-4,7-9,11H,1-2,5-6,10H2,(H,23,25,27). The summed E-state index contributed by atoms with van der Waals surface area (Å²) < 4.78 is 67.4. The van der Waals surface area contributed by atoms with Crippen LogP contribution in [-0.2, 0) is 12.7 Å². The van der Waals surface area contributed by atoms with Crippen LogP contribution in [0, 0.1) is 5.92 Å². The Morgan fingerprint density at radius 2 is 1.85 bits per heavy atom. The van der Waals surface area contributed by atoms with E-state index in [2.05, 4.69) is 15.4 Å². The fourth-order valence-electron chi connectivity index (χ4n) is 3.12. The third-order valence-electron chi connectivity index (χ3n) is 4.57. The van der Waals surface area contributed by atoms with Crippen molar-refractivity contribution in [3.63, 3.8) is 0 Å². The van der Waals surface area contributed by atoms with E-state index in [0.29, 0.717) is 6.20 Å². The van der Waals surface area contributed by atoms with E-state index in [-0.39, 0.29) is 43.8 Å². The highest BCUT2D eigenvalue weighted by molar-refractivity contribution is 6.04. The second-order valence-corrected chi connectivity index (χ2v) is 6.58. The lowest BCUT2D eigenvalue weighted by Crippen LogP contribution is -2.29. The molecule has 0 unspecified atom stereocenters. The van der Waals surface area contributed by atoms with Crippen LogP contribution >= 0.6 is 0 Å². The zero-order chi connectivity index (χ0) is 19.7. The molecule has 0 atom stereocenters. The second-order valence-electron chi connectivity index (χ2n) is 6.58. The predicted molar refractivity (Wildman–Crippen MR) is 86.3 cm³/mol. The Morgan fingerprint density at radius 1 is 1.22 bits per heavy atom. The van der Waals surface area contributed by atoms with Crippen molar-refractivity contribution in [1.29, 1.82) is 0 Å². The van der Waals surface area contributed by atoms with Gasteiger partial charge in [-0.3, -0.25) is 14.5 Å². The van der Waals surface area contributed by atoms with Gasteiger partial charge in [0.1, 0.15) is 11.3 Å². The SMILES string of the molecule is O=C(Nc1ccncc1)c1c(C(F)(F)F)cnn1CC1CCC(F)(F)CC1. The van der Waals surface area contributed by atoms with E-state index in [1.54, 1.807) is 0 Å². The van der Waals surface area contributed by atoms with Crippen LogP contribution in [0.5, 0.6) is 0 Å². The van der Waals surface area contributed by atoms with E-state index in [1.807, 2.05) is 0 Å². The molecule has 3 rings (SSSR count). The molecule has 2 aromatic rings. The van der Waals surface area contributed by atoms with E-state index in [0.717, 1.165) is 4.68 Å². The van der Waals surface area contributed by atoms with Crippen molar-refractivity contribution in [2.24, 2.45) is 5.92 Å². The number of pyridine rings is 1. The van der Waals surface area contributed by atoms with E-state index in [1.165, 1.54) is 24.5 Å². The molecule has 10 heteroatoms. The van der Waals surface area contributed by atoms with Gasteiger partial charge in [0.05, 0.1) is 6.20 Å². The average molecular weight is 388 g/mol. The molecule has 0 bridgehead atoms. The lowest BCUT2D eigenvalue weighted by Gasteiger charge is -2.28. The molecule has 146 valence electrons. The first-order chi connectivity index (χ1) is 12.7. The van der Waals surface area contributed by atoms with Crippen LogP contribution in [0.1, 0.15) is 41.7 Å². The molecule has 5 nitrogen and oxygen atoms in total. The van der Waals surface area contributed by atoms with Gasteiger partial charge in [0, 0.05) is 37.5 Å². The lowest BCUT2D eigenvalue weighted by molar-refractivity contribution is -0.138. The topological polar surface area (TPSA) is 59.8 Å². The number of aromatic nitrogens is 3. The minimum atomic E-state index is -4.76. The summed E-state index contributed by atoms with van der Waals surface area (Å²) in [6.45, 7) is -0.0226. The van der Waals surface area contributed by atoms with Crippen molar-refractivity contribution in [1.82, 2.24) is 14.8 Å². The summed E-state index contributed by atoms with van der Waals surface area (Å²) in [7, 11) is 0. The van der Waals surface area contributed by atoms with Crippen LogP contribution in [0.2, 0.25) is 0 Å². The molecule has 0 radical (unpaired) electrons. The molecule has 0 spiro atoms. The first-order valence-corrected chi connectivity index (χ1v) is 8.38. The summed E-state index contributed by atoms with van der Waals surface area (Å²) >= 11 is 0. The normalized spacial score (nSPS) is 17.7. The van der Waals surface area contributed by atoms with Gasteiger partial charge >= 0.3 is 6.18 Å². The van der Waals surface area contributed by atoms with Gasteiger partial charge in [-0.25, -0.2) is 8.78 Å². The summed E-state index contributed by atoms with van der Waals surface area (Å²) in [6.07, 6.45) is -1.69. The number of nitrogens with zero attached hydrogens (tertiary/aromatic N) is 3. The monoisotopic (exact) mass is 388 g/mol. The molecule has 0 saturated heterocycles. The smallest absolute Gasteiger partial charge is 0.321 e. The van der Waals surface area contributed by atoms with Crippen molar-refractivity contribution in [2.45, 2.75) is 44.3 Å². The van der Waals surface area contributed by atoms with Gasteiger partial charge in [0.25, 0.3) is 5.91 Å². The maximum atomic E-state index is 13.3. The lowest BCUT2D eigenvalue weighted by atomic mass is 9.87. The summed E-state index contributed by atoms with van der Waals surface area (Å²) in [5.74, 6) is -3.97. The Balaban J connectivity index is 1.84. The first-order valence-electron chi connectivity index (χ1n) is 8.38. The molecule has 2 aromatic heterocycles. The third kappa shape index (κ3) is 4.61. The Hall–Kier alpha value is -2.52. The second kappa shape index (κ2) is 7.24. The van der Waals surface area contributed by atoms with Crippen LogP contribution < -0.4 is 5.32 Å². The van der Waals surface area contributed by atoms with Crippen LogP contribution in [0.4, 0.5) is 27.6 Å². The molecule has 1 fully saturated rings. The number of hydrogen-bond acceptors (Lipinski definition) is 3. The third-order valence-corrected chi connectivity index (χ3v) is 4.57. The van der Waals surface area contributed by atoms with E-state index < -0.39 is 29.3 Å². The van der Waals surface area contributed by atoms with Crippen molar-refractivity contribution >= 4 is 11.6 Å². The minimum absolute atomic E-state index is 0.0226. The highest BCUT2D eigenvalue weighted by atomic mass is 19.4. The maximum absolute atomic E-state index is 13.3. The number of halogens is 5.